The lowest BCUT2D eigenvalue weighted by molar-refractivity contribution is -0.112. The summed E-state index contributed by atoms with van der Waals surface area (Å²) in [5, 5.41) is 5.87. The second-order valence-corrected chi connectivity index (χ2v) is 8.26. The molecule has 0 radical (unpaired) electrons. The third-order valence-electron chi connectivity index (χ3n) is 4.83. The minimum atomic E-state index is -0.114. The molecule has 0 bridgehead atoms. The Morgan fingerprint density at radius 3 is 2.63 bits per heavy atom. The van der Waals surface area contributed by atoms with E-state index >= 15 is 0 Å². The number of amides is 2. The maximum Gasteiger partial charge on any atom is 0.262 e. The van der Waals surface area contributed by atoms with Gasteiger partial charge in [-0.05, 0) is 54.8 Å². The van der Waals surface area contributed by atoms with Crippen LogP contribution in [0.4, 0.5) is 5.69 Å². The van der Waals surface area contributed by atoms with Gasteiger partial charge in [-0.25, -0.2) is 0 Å². The Morgan fingerprint density at radius 2 is 1.83 bits per heavy atom. The summed E-state index contributed by atoms with van der Waals surface area (Å²) in [6.45, 7) is 2.65. The van der Waals surface area contributed by atoms with Gasteiger partial charge in [0.15, 0.2) is 0 Å². The molecule has 3 aromatic carbocycles. The van der Waals surface area contributed by atoms with Crippen LogP contribution in [0.5, 0.6) is 0 Å². The quantitative estimate of drug-likeness (QED) is 0.574. The minimum absolute atomic E-state index is 0.0967. The van der Waals surface area contributed by atoms with Gasteiger partial charge < -0.3 is 10.6 Å². The van der Waals surface area contributed by atoms with Gasteiger partial charge in [0.05, 0.1) is 10.6 Å². The van der Waals surface area contributed by atoms with Crippen molar-refractivity contribution in [3.8, 4) is 0 Å². The second-order valence-electron chi connectivity index (χ2n) is 7.18. The zero-order valence-electron chi connectivity index (χ0n) is 16.6. The summed E-state index contributed by atoms with van der Waals surface area (Å²) in [6.07, 6.45) is 2.64. The molecule has 1 aliphatic rings. The highest BCUT2D eigenvalue weighted by molar-refractivity contribution is 8.04. The maximum absolute atomic E-state index is 12.4. The molecule has 0 saturated heterocycles. The van der Waals surface area contributed by atoms with Crippen molar-refractivity contribution in [2.24, 2.45) is 0 Å². The van der Waals surface area contributed by atoms with Gasteiger partial charge in [-0.15, -0.1) is 0 Å². The molecule has 4 nitrogen and oxygen atoms in total. The van der Waals surface area contributed by atoms with E-state index in [4.69, 9.17) is 0 Å². The molecule has 1 heterocycles. The molecule has 0 fully saturated rings. The number of nitrogens with one attached hydrogen (secondary N) is 2. The minimum Gasteiger partial charge on any atom is -0.352 e. The zero-order valence-corrected chi connectivity index (χ0v) is 17.5. The fourth-order valence-corrected chi connectivity index (χ4v) is 4.23. The van der Waals surface area contributed by atoms with Crippen LogP contribution >= 0.6 is 11.8 Å². The van der Waals surface area contributed by atoms with Crippen molar-refractivity contribution in [2.45, 2.75) is 18.2 Å². The van der Waals surface area contributed by atoms with Crippen LogP contribution in [0.15, 0.2) is 82.6 Å². The third kappa shape index (κ3) is 4.81. The molecule has 0 aromatic heterocycles. The lowest BCUT2D eigenvalue weighted by Gasteiger charge is -2.18. The summed E-state index contributed by atoms with van der Waals surface area (Å²) in [7, 11) is 0. The lowest BCUT2D eigenvalue weighted by Crippen LogP contribution is -2.25. The molecule has 3 aromatic rings. The Bertz CT molecular complexity index is 1120. The lowest BCUT2D eigenvalue weighted by atomic mass is 10.1. The normalized spacial score (nSPS) is 14.2. The highest BCUT2D eigenvalue weighted by atomic mass is 32.2. The van der Waals surface area contributed by atoms with E-state index in [1.165, 1.54) is 22.9 Å². The van der Waals surface area contributed by atoms with Gasteiger partial charge in [-0.2, -0.15) is 0 Å². The third-order valence-corrected chi connectivity index (χ3v) is 5.93. The monoisotopic (exact) mass is 414 g/mol. The number of aryl methyl sites for hydroxylation is 1. The van der Waals surface area contributed by atoms with Crippen LogP contribution in [0.2, 0.25) is 0 Å². The summed E-state index contributed by atoms with van der Waals surface area (Å²) >= 11 is 1.45. The van der Waals surface area contributed by atoms with E-state index in [2.05, 4.69) is 35.8 Å². The summed E-state index contributed by atoms with van der Waals surface area (Å²) in [4.78, 5) is 26.4. The first-order chi connectivity index (χ1) is 14.6. The molecule has 0 spiro atoms. The Labute approximate surface area is 180 Å². The molecular weight excluding hydrogens is 392 g/mol. The number of hydrogen-bond donors (Lipinski definition) is 2. The van der Waals surface area contributed by atoms with Crippen molar-refractivity contribution in [1.82, 2.24) is 5.32 Å². The molecule has 0 atom stereocenters. The summed E-state index contributed by atoms with van der Waals surface area (Å²) < 4.78 is 0. The van der Waals surface area contributed by atoms with Crippen LogP contribution in [-0.2, 0) is 11.2 Å². The predicted molar refractivity (Wildman–Crippen MR) is 123 cm³/mol. The van der Waals surface area contributed by atoms with Gasteiger partial charge in [0, 0.05) is 17.0 Å². The molecule has 2 N–H and O–H groups in total. The number of benzene rings is 3. The highest BCUT2D eigenvalue weighted by Crippen LogP contribution is 2.38. The molecule has 4 rings (SSSR count). The molecule has 2 amide bonds. The fraction of sp³-hybridized carbons (Fsp3) is 0.120. The number of carbonyl (C=O) groups is 2. The van der Waals surface area contributed by atoms with Gasteiger partial charge in [0.1, 0.15) is 0 Å². The Balaban J connectivity index is 1.37. The van der Waals surface area contributed by atoms with Gasteiger partial charge in [-0.3, -0.25) is 9.59 Å². The molecule has 0 unspecified atom stereocenters. The Hall–Kier alpha value is -3.31. The van der Waals surface area contributed by atoms with Gasteiger partial charge >= 0.3 is 0 Å². The standard InChI is InChI=1S/C25H22N2O2S/c1-17-5-4-6-18(15-17)13-14-26-24(28)20-11-9-19(10-12-20)16-23-25(29)27-21-7-2-3-8-22(21)30-23/h2-12,15-16H,13-14H2,1H3,(H,26,28)(H,27,29)/b23-16+. The SMILES string of the molecule is Cc1cccc(CCNC(=O)c2ccc(/C=C3/Sc4ccccc4NC3=O)cc2)c1. The molecule has 0 saturated carbocycles. The fourth-order valence-electron chi connectivity index (χ4n) is 3.27. The van der Waals surface area contributed by atoms with Crippen molar-refractivity contribution in [3.05, 3.63) is 100.0 Å². The average molecular weight is 415 g/mol. The van der Waals surface area contributed by atoms with E-state index in [1.54, 1.807) is 12.1 Å². The van der Waals surface area contributed by atoms with Gasteiger partial charge in [0.2, 0.25) is 0 Å². The van der Waals surface area contributed by atoms with E-state index in [1.807, 2.05) is 48.5 Å². The Kier molecular flexibility index (Phi) is 6.00. The Morgan fingerprint density at radius 1 is 1.03 bits per heavy atom. The van der Waals surface area contributed by atoms with Crippen LogP contribution in [0.3, 0.4) is 0 Å². The van der Waals surface area contributed by atoms with Crippen molar-refractivity contribution in [2.75, 3.05) is 11.9 Å². The van der Waals surface area contributed by atoms with Gasteiger partial charge in [-0.1, -0.05) is 65.9 Å². The van der Waals surface area contributed by atoms with Crippen LogP contribution in [-0.4, -0.2) is 18.4 Å². The second kappa shape index (κ2) is 9.01. The van der Waals surface area contributed by atoms with Crippen molar-refractivity contribution < 1.29 is 9.59 Å². The van der Waals surface area contributed by atoms with Crippen molar-refractivity contribution in [3.63, 3.8) is 0 Å². The van der Waals surface area contributed by atoms with E-state index in [0.29, 0.717) is 17.0 Å². The first-order valence-electron chi connectivity index (χ1n) is 9.82. The first kappa shape index (κ1) is 20.0. The van der Waals surface area contributed by atoms with E-state index < -0.39 is 0 Å². The molecule has 1 aliphatic heterocycles. The molecular formula is C25H22N2O2S. The number of fused-ring (bicyclic) bond motifs is 1. The number of anilines is 1. The van der Waals surface area contributed by atoms with Crippen molar-refractivity contribution in [1.29, 1.82) is 0 Å². The summed E-state index contributed by atoms with van der Waals surface area (Å²) in [6, 6.07) is 23.3. The predicted octanol–water partition coefficient (Wildman–Crippen LogP) is 5.05. The van der Waals surface area contributed by atoms with Crippen LogP contribution < -0.4 is 10.6 Å². The van der Waals surface area contributed by atoms with E-state index in [-0.39, 0.29) is 11.8 Å². The van der Waals surface area contributed by atoms with Gasteiger partial charge in [0.25, 0.3) is 11.8 Å². The molecule has 30 heavy (non-hydrogen) atoms. The number of rotatable bonds is 5. The summed E-state index contributed by atoms with van der Waals surface area (Å²) in [5.74, 6) is -0.211. The molecule has 0 aliphatic carbocycles. The van der Waals surface area contributed by atoms with Crippen LogP contribution in [0.25, 0.3) is 6.08 Å². The average Bonchev–Trinajstić information content (AvgIpc) is 2.75. The number of para-hydroxylation sites is 1. The maximum atomic E-state index is 12.4. The topological polar surface area (TPSA) is 58.2 Å². The first-order valence-corrected chi connectivity index (χ1v) is 10.6. The number of hydrogen-bond acceptors (Lipinski definition) is 3. The zero-order chi connectivity index (χ0) is 20.9. The summed E-state index contributed by atoms with van der Waals surface area (Å²) in [5.41, 5.74) is 4.75. The molecule has 5 heteroatoms. The smallest absolute Gasteiger partial charge is 0.262 e. The largest absolute Gasteiger partial charge is 0.352 e. The van der Waals surface area contributed by atoms with E-state index in [0.717, 1.165) is 22.6 Å². The highest BCUT2D eigenvalue weighted by Gasteiger charge is 2.20. The molecule has 150 valence electrons. The van der Waals surface area contributed by atoms with Crippen LogP contribution in [0.1, 0.15) is 27.0 Å². The van der Waals surface area contributed by atoms with Crippen molar-refractivity contribution >= 4 is 35.3 Å². The van der Waals surface area contributed by atoms with Crippen LogP contribution in [0, 0.1) is 6.92 Å². The number of thioether (sulfide) groups is 1. The number of carbonyl (C=O) groups excluding carboxylic acids is 2. The van der Waals surface area contributed by atoms with E-state index in [9.17, 15) is 9.59 Å².